The van der Waals surface area contributed by atoms with Gasteiger partial charge < -0.3 is 4.90 Å². The summed E-state index contributed by atoms with van der Waals surface area (Å²) in [4.78, 5) is 22.6. The van der Waals surface area contributed by atoms with Crippen molar-refractivity contribution >= 4 is 56.8 Å². The van der Waals surface area contributed by atoms with E-state index in [0.29, 0.717) is 22.8 Å². The molecule has 0 radical (unpaired) electrons. The van der Waals surface area contributed by atoms with E-state index in [4.69, 9.17) is 0 Å². The first-order valence-electron chi connectivity index (χ1n) is 8.64. The van der Waals surface area contributed by atoms with Crippen LogP contribution in [-0.2, 0) is 0 Å². The molecule has 0 N–H and O–H groups in total. The summed E-state index contributed by atoms with van der Waals surface area (Å²) in [6, 6.07) is 12.1. The minimum atomic E-state index is -0.296. The average molecular weight is 440 g/mol. The van der Waals surface area contributed by atoms with E-state index in [1.54, 1.807) is 22.7 Å². The third-order valence-corrected chi connectivity index (χ3v) is 5.92. The van der Waals surface area contributed by atoms with Gasteiger partial charge in [0.05, 0.1) is 10.2 Å². The zero-order chi connectivity index (χ0) is 19.4. The zero-order valence-electron chi connectivity index (χ0n) is 16.0. The van der Waals surface area contributed by atoms with Crippen LogP contribution in [0.25, 0.3) is 10.2 Å². The largest absolute Gasteiger partial charge is 0.309 e. The minimum absolute atomic E-state index is 0. The molecule has 0 bridgehead atoms. The Morgan fingerprint density at radius 3 is 2.50 bits per heavy atom. The van der Waals surface area contributed by atoms with E-state index in [1.165, 1.54) is 23.5 Å². The maximum Gasteiger partial charge on any atom is 0.260 e. The van der Waals surface area contributed by atoms with Crippen molar-refractivity contribution in [2.24, 2.45) is 0 Å². The Kier molecular flexibility index (Phi) is 8.24. The molecule has 0 saturated carbocycles. The summed E-state index contributed by atoms with van der Waals surface area (Å²) in [6.45, 7) is 1.43. The van der Waals surface area contributed by atoms with Gasteiger partial charge in [0.2, 0.25) is 0 Å². The van der Waals surface area contributed by atoms with Crippen molar-refractivity contribution in [2.45, 2.75) is 11.3 Å². The van der Waals surface area contributed by atoms with Crippen LogP contribution in [0.1, 0.15) is 16.8 Å². The maximum absolute atomic E-state index is 13.5. The van der Waals surface area contributed by atoms with E-state index < -0.39 is 0 Å². The molecule has 150 valence electrons. The molecule has 3 rings (SSSR count). The molecule has 0 saturated heterocycles. The van der Waals surface area contributed by atoms with Crippen LogP contribution in [-0.4, -0.2) is 49.2 Å². The molecule has 0 aliphatic heterocycles. The van der Waals surface area contributed by atoms with Gasteiger partial charge in [-0.15, -0.1) is 24.2 Å². The number of amides is 1. The molecule has 3 aromatic rings. The lowest BCUT2D eigenvalue weighted by molar-refractivity contribution is 0.0986. The van der Waals surface area contributed by atoms with Gasteiger partial charge in [0.1, 0.15) is 5.82 Å². The van der Waals surface area contributed by atoms with Crippen molar-refractivity contribution in [3.8, 4) is 0 Å². The number of anilines is 1. The number of carbonyl (C=O) groups is 1. The summed E-state index contributed by atoms with van der Waals surface area (Å²) in [7, 11) is 4.02. The molecule has 0 aliphatic rings. The Morgan fingerprint density at radius 2 is 1.86 bits per heavy atom. The highest BCUT2D eigenvalue weighted by atomic mass is 35.5. The number of hydrogen-bond acceptors (Lipinski definition) is 5. The third-order valence-electron chi connectivity index (χ3n) is 4.14. The minimum Gasteiger partial charge on any atom is -0.309 e. The summed E-state index contributed by atoms with van der Waals surface area (Å²) in [5, 5.41) is 0.605. The zero-order valence-corrected chi connectivity index (χ0v) is 18.5. The van der Waals surface area contributed by atoms with Crippen molar-refractivity contribution in [1.82, 2.24) is 9.88 Å². The molecule has 0 spiro atoms. The second kappa shape index (κ2) is 10.2. The number of carbonyl (C=O) groups excluding carboxylic acids is 1. The number of benzene rings is 2. The molecule has 0 aliphatic carbocycles. The second-order valence-electron chi connectivity index (χ2n) is 6.45. The Balaban J connectivity index is 0.00000280. The molecule has 2 aromatic carbocycles. The van der Waals surface area contributed by atoms with E-state index in [0.717, 1.165) is 22.6 Å². The van der Waals surface area contributed by atoms with Gasteiger partial charge in [-0.3, -0.25) is 9.69 Å². The number of nitrogens with zero attached hydrogens (tertiary/aromatic N) is 3. The molecule has 28 heavy (non-hydrogen) atoms. The van der Waals surface area contributed by atoms with Gasteiger partial charge in [0, 0.05) is 17.0 Å². The summed E-state index contributed by atoms with van der Waals surface area (Å²) in [5.41, 5.74) is 1.34. The predicted octanol–water partition coefficient (Wildman–Crippen LogP) is 5.18. The monoisotopic (exact) mass is 439 g/mol. The molecule has 1 aromatic heterocycles. The number of thioether (sulfide) groups is 1. The smallest absolute Gasteiger partial charge is 0.260 e. The number of thiazole rings is 1. The molecule has 8 heteroatoms. The van der Waals surface area contributed by atoms with Crippen molar-refractivity contribution in [3.05, 3.63) is 53.8 Å². The molecule has 0 fully saturated rings. The third kappa shape index (κ3) is 5.44. The molecule has 4 nitrogen and oxygen atoms in total. The molecule has 0 atom stereocenters. The Morgan fingerprint density at radius 1 is 1.14 bits per heavy atom. The lowest BCUT2D eigenvalue weighted by Gasteiger charge is -2.21. The molecule has 1 amide bonds. The van der Waals surface area contributed by atoms with Gasteiger partial charge in [0.25, 0.3) is 5.91 Å². The highest BCUT2D eigenvalue weighted by Crippen LogP contribution is 2.30. The second-order valence-corrected chi connectivity index (χ2v) is 8.34. The summed E-state index contributed by atoms with van der Waals surface area (Å²) >= 11 is 2.98. The van der Waals surface area contributed by atoms with E-state index in [2.05, 4.69) is 9.88 Å². The number of rotatable bonds is 7. The number of aromatic nitrogens is 1. The lowest BCUT2D eigenvalue weighted by Crippen LogP contribution is -2.33. The van der Waals surface area contributed by atoms with Gasteiger partial charge in [-0.05, 0) is 75.8 Å². The van der Waals surface area contributed by atoms with Crippen LogP contribution in [0.2, 0.25) is 0 Å². The van der Waals surface area contributed by atoms with Crippen molar-refractivity contribution < 1.29 is 9.18 Å². The highest BCUT2D eigenvalue weighted by molar-refractivity contribution is 7.98. The fourth-order valence-electron chi connectivity index (χ4n) is 2.72. The highest BCUT2D eigenvalue weighted by Gasteiger charge is 2.21. The fourth-order valence-corrected chi connectivity index (χ4v) is 4.14. The van der Waals surface area contributed by atoms with Gasteiger partial charge in [0.15, 0.2) is 5.13 Å². The Labute approximate surface area is 179 Å². The number of halogens is 2. The number of hydrogen-bond donors (Lipinski definition) is 0. The Hall–Kier alpha value is -1.67. The standard InChI is InChI=1S/C20H22FN3OS2.ClH/c1-23(2)11-4-12-24(19(25)14-5-8-16(26-3)9-6-14)20-22-17-10-7-15(21)13-18(17)27-20;/h5-10,13H,4,11-12H2,1-3H3;1H. The van der Waals surface area contributed by atoms with E-state index >= 15 is 0 Å². The molecule has 0 unspecified atom stereocenters. The average Bonchev–Trinajstić information content (AvgIpc) is 3.07. The van der Waals surface area contributed by atoms with E-state index in [1.807, 2.05) is 44.6 Å². The van der Waals surface area contributed by atoms with Crippen molar-refractivity contribution in [3.63, 3.8) is 0 Å². The first-order valence-corrected chi connectivity index (χ1v) is 10.7. The topological polar surface area (TPSA) is 36.4 Å². The Bertz CT molecular complexity index is 931. The quantitative estimate of drug-likeness (QED) is 0.475. The molecular formula is C20H23ClFN3OS2. The first kappa shape index (κ1) is 22.6. The van der Waals surface area contributed by atoms with Crippen LogP contribution in [0, 0.1) is 5.82 Å². The van der Waals surface area contributed by atoms with Crippen LogP contribution in [0.15, 0.2) is 47.4 Å². The number of fused-ring (bicyclic) bond motifs is 1. The van der Waals surface area contributed by atoms with Crippen molar-refractivity contribution in [2.75, 3.05) is 38.3 Å². The SMILES string of the molecule is CSc1ccc(C(=O)N(CCCN(C)C)c2nc3ccc(F)cc3s2)cc1.Cl. The van der Waals surface area contributed by atoms with Crippen LogP contribution in [0.4, 0.5) is 9.52 Å². The molecular weight excluding hydrogens is 417 g/mol. The van der Waals surface area contributed by atoms with Crippen LogP contribution >= 0.6 is 35.5 Å². The predicted molar refractivity (Wildman–Crippen MR) is 120 cm³/mol. The van der Waals surface area contributed by atoms with Gasteiger partial charge in [-0.1, -0.05) is 11.3 Å². The van der Waals surface area contributed by atoms with Crippen LogP contribution in [0.5, 0.6) is 0 Å². The summed E-state index contributed by atoms with van der Waals surface area (Å²) in [5.74, 6) is -0.378. The summed E-state index contributed by atoms with van der Waals surface area (Å²) in [6.07, 6.45) is 2.83. The van der Waals surface area contributed by atoms with Gasteiger partial charge >= 0.3 is 0 Å². The van der Waals surface area contributed by atoms with Gasteiger partial charge in [-0.2, -0.15) is 0 Å². The van der Waals surface area contributed by atoms with E-state index in [-0.39, 0.29) is 24.1 Å². The normalized spacial score (nSPS) is 10.9. The fraction of sp³-hybridized carbons (Fsp3) is 0.300. The lowest BCUT2D eigenvalue weighted by atomic mass is 10.2. The molecule has 1 heterocycles. The van der Waals surface area contributed by atoms with E-state index in [9.17, 15) is 9.18 Å². The maximum atomic E-state index is 13.5. The van der Waals surface area contributed by atoms with Crippen molar-refractivity contribution in [1.29, 1.82) is 0 Å². The van der Waals surface area contributed by atoms with Crippen LogP contribution in [0.3, 0.4) is 0 Å². The van der Waals surface area contributed by atoms with Crippen LogP contribution < -0.4 is 4.90 Å². The van der Waals surface area contributed by atoms with Gasteiger partial charge in [-0.25, -0.2) is 9.37 Å². The summed E-state index contributed by atoms with van der Waals surface area (Å²) < 4.78 is 14.3. The first-order chi connectivity index (χ1) is 13.0.